The number of rotatable bonds is 2. The van der Waals surface area contributed by atoms with Gasteiger partial charge in [-0.1, -0.05) is 26.3 Å². The lowest BCUT2D eigenvalue weighted by Crippen LogP contribution is -2.58. The van der Waals surface area contributed by atoms with Crippen molar-refractivity contribution in [1.82, 2.24) is 4.90 Å². The smallest absolute Gasteiger partial charge is 0.115 e. The quantitative estimate of drug-likeness (QED) is 0.898. The molecular weight excluding hydrogens is 270 g/mol. The van der Waals surface area contributed by atoms with E-state index in [4.69, 9.17) is 0 Å². The molecule has 112 valence electrons. The molecule has 20 heavy (non-hydrogen) atoms. The lowest BCUT2D eigenvalue weighted by atomic mass is 9.55. The third-order valence-corrected chi connectivity index (χ3v) is 5.78. The summed E-state index contributed by atoms with van der Waals surface area (Å²) in [6.45, 7) is 5.84. The van der Waals surface area contributed by atoms with Crippen LogP contribution in [0.5, 0.6) is 5.75 Å². The van der Waals surface area contributed by atoms with E-state index in [1.807, 2.05) is 12.1 Å². The molecule has 2 aliphatic rings. The van der Waals surface area contributed by atoms with E-state index in [1.54, 1.807) is 0 Å². The molecule has 0 saturated carbocycles. The Bertz CT molecular complexity index is 490. The minimum absolute atomic E-state index is 0. The van der Waals surface area contributed by atoms with Crippen LogP contribution in [0, 0.1) is 5.92 Å². The van der Waals surface area contributed by atoms with E-state index in [1.165, 1.54) is 36.9 Å². The number of benzene rings is 1. The second-order valence-electron chi connectivity index (χ2n) is 6.37. The van der Waals surface area contributed by atoms with Crippen LogP contribution in [0.4, 0.5) is 0 Å². The summed E-state index contributed by atoms with van der Waals surface area (Å²) >= 11 is 0. The van der Waals surface area contributed by atoms with Gasteiger partial charge < -0.3 is 10.0 Å². The molecule has 0 amide bonds. The fraction of sp³-hybridized carbons (Fsp3) is 0.647. The Morgan fingerprint density at radius 1 is 1.35 bits per heavy atom. The van der Waals surface area contributed by atoms with Crippen molar-refractivity contribution in [3.05, 3.63) is 29.3 Å². The summed E-state index contributed by atoms with van der Waals surface area (Å²) in [6.07, 6.45) is 4.79. The molecule has 1 aromatic rings. The first-order valence-electron chi connectivity index (χ1n) is 7.65. The zero-order chi connectivity index (χ0) is 13.6. The zero-order valence-electron chi connectivity index (χ0n) is 12.7. The standard InChI is InChI=1S/C17H25NO.ClH/c1-4-14-16-10-12-6-7-13(19)11-15(12)17(14,5-2)8-9-18(16)3;/h6-7,11,14,16,19H,4-5,8-10H2,1-3H3;1H/t14-,16+,17-;/m1./s1. The lowest BCUT2D eigenvalue weighted by molar-refractivity contribution is 0.0257. The summed E-state index contributed by atoms with van der Waals surface area (Å²) in [5.74, 6) is 1.16. The summed E-state index contributed by atoms with van der Waals surface area (Å²) < 4.78 is 0. The average Bonchev–Trinajstić information content (AvgIpc) is 2.42. The van der Waals surface area contributed by atoms with Gasteiger partial charge in [-0.05, 0) is 62.0 Å². The van der Waals surface area contributed by atoms with Crippen LogP contribution in [0.25, 0.3) is 0 Å². The Morgan fingerprint density at radius 2 is 2.10 bits per heavy atom. The van der Waals surface area contributed by atoms with Crippen LogP contribution in [0.2, 0.25) is 0 Å². The molecule has 2 nitrogen and oxygen atoms in total. The van der Waals surface area contributed by atoms with Crippen LogP contribution >= 0.6 is 12.4 Å². The van der Waals surface area contributed by atoms with Crippen molar-refractivity contribution in [3.8, 4) is 5.75 Å². The van der Waals surface area contributed by atoms with Crippen molar-refractivity contribution in [3.63, 3.8) is 0 Å². The molecule has 3 rings (SSSR count). The van der Waals surface area contributed by atoms with Gasteiger partial charge in [-0.25, -0.2) is 0 Å². The highest BCUT2D eigenvalue weighted by Crippen LogP contribution is 2.52. The minimum atomic E-state index is 0. The molecule has 1 aliphatic heterocycles. The number of aromatic hydroxyl groups is 1. The van der Waals surface area contributed by atoms with E-state index in [2.05, 4.69) is 31.9 Å². The lowest BCUT2D eigenvalue weighted by Gasteiger charge is -2.56. The number of fused-ring (bicyclic) bond motifs is 4. The van der Waals surface area contributed by atoms with Crippen LogP contribution < -0.4 is 0 Å². The van der Waals surface area contributed by atoms with E-state index >= 15 is 0 Å². The number of likely N-dealkylation sites (N-methyl/N-ethyl adjacent to an activating group) is 1. The van der Waals surface area contributed by atoms with E-state index in [0.29, 0.717) is 11.8 Å². The maximum atomic E-state index is 9.90. The Balaban J connectivity index is 0.00000147. The summed E-state index contributed by atoms with van der Waals surface area (Å²) in [5.41, 5.74) is 3.19. The van der Waals surface area contributed by atoms with Crippen LogP contribution in [0.1, 0.15) is 44.2 Å². The first-order valence-corrected chi connectivity index (χ1v) is 7.65. The van der Waals surface area contributed by atoms with Gasteiger partial charge in [0.25, 0.3) is 0 Å². The van der Waals surface area contributed by atoms with Crippen LogP contribution in [-0.4, -0.2) is 29.6 Å². The molecule has 1 aromatic carbocycles. The predicted molar refractivity (Wildman–Crippen MR) is 85.8 cm³/mol. The second-order valence-corrected chi connectivity index (χ2v) is 6.37. The highest BCUT2D eigenvalue weighted by Gasteiger charge is 2.50. The third kappa shape index (κ3) is 2.05. The molecule has 0 aromatic heterocycles. The Kier molecular flexibility index (Phi) is 4.36. The largest absolute Gasteiger partial charge is 0.508 e. The first-order chi connectivity index (χ1) is 9.12. The van der Waals surface area contributed by atoms with Crippen molar-refractivity contribution in [2.75, 3.05) is 13.6 Å². The average molecular weight is 296 g/mol. The van der Waals surface area contributed by atoms with Crippen molar-refractivity contribution in [1.29, 1.82) is 0 Å². The predicted octanol–water partition coefficient (Wildman–Crippen LogP) is 3.75. The number of phenols is 1. The molecular formula is C17H26ClNO. The van der Waals surface area contributed by atoms with Crippen molar-refractivity contribution < 1.29 is 5.11 Å². The zero-order valence-corrected chi connectivity index (χ0v) is 13.5. The molecule has 1 aliphatic carbocycles. The monoisotopic (exact) mass is 295 g/mol. The third-order valence-electron chi connectivity index (χ3n) is 5.78. The summed E-state index contributed by atoms with van der Waals surface area (Å²) in [5, 5.41) is 9.90. The molecule has 1 saturated heterocycles. The van der Waals surface area contributed by atoms with Gasteiger partial charge in [-0.15, -0.1) is 12.4 Å². The Labute approximate surface area is 128 Å². The van der Waals surface area contributed by atoms with Gasteiger partial charge in [0.2, 0.25) is 0 Å². The maximum Gasteiger partial charge on any atom is 0.115 e. The fourth-order valence-electron chi connectivity index (χ4n) is 4.76. The van der Waals surface area contributed by atoms with Crippen molar-refractivity contribution in [2.24, 2.45) is 5.92 Å². The Morgan fingerprint density at radius 3 is 2.75 bits per heavy atom. The van der Waals surface area contributed by atoms with Gasteiger partial charge in [0.15, 0.2) is 0 Å². The van der Waals surface area contributed by atoms with Gasteiger partial charge in [-0.2, -0.15) is 0 Å². The van der Waals surface area contributed by atoms with E-state index in [-0.39, 0.29) is 17.8 Å². The summed E-state index contributed by atoms with van der Waals surface area (Å²) in [4.78, 5) is 2.55. The maximum absolute atomic E-state index is 9.90. The van der Waals surface area contributed by atoms with E-state index in [0.717, 1.165) is 12.3 Å². The molecule has 2 bridgehead atoms. The van der Waals surface area contributed by atoms with Gasteiger partial charge in [0, 0.05) is 11.5 Å². The first kappa shape index (κ1) is 15.7. The number of phenolic OH excluding ortho intramolecular Hbond substituents is 1. The van der Waals surface area contributed by atoms with Crippen LogP contribution in [0.15, 0.2) is 18.2 Å². The van der Waals surface area contributed by atoms with E-state index < -0.39 is 0 Å². The highest BCUT2D eigenvalue weighted by molar-refractivity contribution is 5.85. The molecule has 3 atom stereocenters. The molecule has 0 radical (unpaired) electrons. The molecule has 1 heterocycles. The molecule has 1 N–H and O–H groups in total. The minimum Gasteiger partial charge on any atom is -0.508 e. The number of piperidine rings is 1. The molecule has 0 spiro atoms. The second kappa shape index (κ2) is 5.57. The number of hydrogen-bond acceptors (Lipinski definition) is 2. The summed E-state index contributed by atoms with van der Waals surface area (Å²) in [6, 6.07) is 6.72. The highest BCUT2D eigenvalue weighted by atomic mass is 35.5. The summed E-state index contributed by atoms with van der Waals surface area (Å²) in [7, 11) is 2.28. The van der Waals surface area contributed by atoms with Crippen LogP contribution in [-0.2, 0) is 11.8 Å². The van der Waals surface area contributed by atoms with Crippen molar-refractivity contribution in [2.45, 2.75) is 51.0 Å². The molecule has 3 heteroatoms. The number of halogens is 1. The number of nitrogens with zero attached hydrogens (tertiary/aromatic N) is 1. The molecule has 1 fully saturated rings. The van der Waals surface area contributed by atoms with E-state index in [9.17, 15) is 5.11 Å². The fourth-order valence-corrected chi connectivity index (χ4v) is 4.76. The molecule has 0 unspecified atom stereocenters. The topological polar surface area (TPSA) is 23.5 Å². The SMILES string of the molecule is CC[C@@H]1[C@@H]2Cc3ccc(O)cc3[C@]1(CC)CCN2C.Cl. The Hall–Kier alpha value is -0.730. The van der Waals surface area contributed by atoms with Gasteiger partial charge in [0.05, 0.1) is 0 Å². The van der Waals surface area contributed by atoms with Gasteiger partial charge in [-0.3, -0.25) is 0 Å². The van der Waals surface area contributed by atoms with Crippen molar-refractivity contribution >= 4 is 12.4 Å². The number of hydrogen-bond donors (Lipinski definition) is 1. The van der Waals surface area contributed by atoms with Gasteiger partial charge in [0.1, 0.15) is 5.75 Å². The van der Waals surface area contributed by atoms with Gasteiger partial charge >= 0.3 is 0 Å². The number of likely N-dealkylation sites (tertiary alicyclic amines) is 1. The normalized spacial score (nSPS) is 32.4. The van der Waals surface area contributed by atoms with Crippen LogP contribution in [0.3, 0.4) is 0 Å².